The van der Waals surface area contributed by atoms with Gasteiger partial charge >= 0.3 is 0 Å². The normalized spacial score (nSPS) is 18.9. The Morgan fingerprint density at radius 1 is 1.07 bits per heavy atom. The van der Waals surface area contributed by atoms with Gasteiger partial charge in [0.25, 0.3) is 0 Å². The molecule has 0 bridgehead atoms. The highest BCUT2D eigenvalue weighted by molar-refractivity contribution is 7.80. The first kappa shape index (κ1) is 19.6. The van der Waals surface area contributed by atoms with E-state index in [1.54, 1.807) is 0 Å². The first-order valence-corrected chi connectivity index (χ1v) is 10.7. The van der Waals surface area contributed by atoms with Gasteiger partial charge in [0.05, 0.1) is 17.8 Å². The summed E-state index contributed by atoms with van der Waals surface area (Å²) in [5.41, 5.74) is 7.34. The zero-order valence-corrected chi connectivity index (χ0v) is 18.3. The van der Waals surface area contributed by atoms with E-state index in [9.17, 15) is 0 Å². The molecule has 1 N–H and O–H groups in total. The molecule has 0 unspecified atom stereocenters. The number of rotatable bonds is 5. The van der Waals surface area contributed by atoms with E-state index in [1.165, 1.54) is 28.2 Å². The molecule has 150 valence electrons. The molecule has 2 aromatic heterocycles. The summed E-state index contributed by atoms with van der Waals surface area (Å²) in [7, 11) is 0. The maximum atomic E-state index is 5.74. The number of hydrogen-bond acceptors (Lipinski definition) is 2. The van der Waals surface area contributed by atoms with Gasteiger partial charge in [0, 0.05) is 29.8 Å². The number of aryl methyl sites for hydroxylation is 2. The van der Waals surface area contributed by atoms with Gasteiger partial charge in [0.2, 0.25) is 0 Å². The van der Waals surface area contributed by atoms with Crippen LogP contribution in [0.3, 0.4) is 0 Å². The lowest BCUT2D eigenvalue weighted by Crippen LogP contribution is -2.30. The smallest absolute Gasteiger partial charge is 0.170 e. The largest absolute Gasteiger partial charge is 0.352 e. The van der Waals surface area contributed by atoms with Gasteiger partial charge in [-0.25, -0.2) is 0 Å². The first-order chi connectivity index (χ1) is 14.0. The third-order valence-electron chi connectivity index (χ3n) is 5.81. The molecule has 1 saturated heterocycles. The quantitative estimate of drug-likeness (QED) is 0.594. The summed E-state index contributed by atoms with van der Waals surface area (Å²) in [6.07, 6.45) is 2.90. The highest BCUT2D eigenvalue weighted by Crippen LogP contribution is 2.41. The van der Waals surface area contributed by atoms with Crippen LogP contribution in [0.1, 0.15) is 53.6 Å². The van der Waals surface area contributed by atoms with Gasteiger partial charge in [-0.05, 0) is 74.8 Å². The molecule has 4 nitrogen and oxygen atoms in total. The Hall–Kier alpha value is -2.66. The molecular weight excluding hydrogens is 376 g/mol. The molecule has 3 aromatic rings. The lowest BCUT2D eigenvalue weighted by atomic mass is 9.96. The minimum atomic E-state index is 0.0427. The van der Waals surface area contributed by atoms with Crippen LogP contribution in [0.2, 0.25) is 0 Å². The molecule has 1 fully saturated rings. The van der Waals surface area contributed by atoms with Gasteiger partial charge < -0.3 is 14.8 Å². The lowest BCUT2D eigenvalue weighted by Gasteiger charge is -2.28. The predicted octanol–water partition coefficient (Wildman–Crippen LogP) is 5.18. The predicted molar refractivity (Wildman–Crippen MR) is 122 cm³/mol. The molecule has 0 saturated carbocycles. The van der Waals surface area contributed by atoms with E-state index in [4.69, 9.17) is 12.2 Å². The van der Waals surface area contributed by atoms with Gasteiger partial charge in [0.1, 0.15) is 0 Å². The summed E-state index contributed by atoms with van der Waals surface area (Å²) >= 11 is 5.74. The van der Waals surface area contributed by atoms with Crippen molar-refractivity contribution in [2.24, 2.45) is 0 Å². The van der Waals surface area contributed by atoms with Crippen molar-refractivity contribution in [3.05, 3.63) is 82.9 Å². The fourth-order valence-electron chi connectivity index (χ4n) is 4.50. The van der Waals surface area contributed by atoms with Crippen molar-refractivity contribution in [2.45, 2.75) is 46.2 Å². The Morgan fingerprint density at radius 2 is 1.83 bits per heavy atom. The summed E-state index contributed by atoms with van der Waals surface area (Å²) in [4.78, 5) is 6.97. The van der Waals surface area contributed by atoms with E-state index < -0.39 is 0 Å². The number of nitrogens with one attached hydrogen (secondary N) is 1. The third-order valence-corrected chi connectivity index (χ3v) is 6.16. The van der Waals surface area contributed by atoms with Crippen LogP contribution >= 0.6 is 12.2 Å². The highest BCUT2D eigenvalue weighted by Gasteiger charge is 2.40. The van der Waals surface area contributed by atoms with Crippen LogP contribution < -0.4 is 5.32 Å². The first-order valence-electron chi connectivity index (χ1n) is 10.3. The van der Waals surface area contributed by atoms with E-state index in [0.717, 1.165) is 23.8 Å². The molecule has 0 spiro atoms. The topological polar surface area (TPSA) is 33.1 Å². The molecule has 0 aliphatic carbocycles. The lowest BCUT2D eigenvalue weighted by molar-refractivity contribution is 0.316. The molecule has 1 aliphatic rings. The zero-order chi connectivity index (χ0) is 20.5. The number of hydrogen-bond donors (Lipinski definition) is 1. The average molecular weight is 405 g/mol. The van der Waals surface area contributed by atoms with Crippen molar-refractivity contribution < 1.29 is 0 Å². The van der Waals surface area contributed by atoms with Crippen molar-refractivity contribution in [2.75, 3.05) is 6.54 Å². The van der Waals surface area contributed by atoms with E-state index in [0.29, 0.717) is 0 Å². The minimum absolute atomic E-state index is 0.0427. The Labute approximate surface area is 178 Å². The minimum Gasteiger partial charge on any atom is -0.352 e. The van der Waals surface area contributed by atoms with Crippen LogP contribution in [-0.4, -0.2) is 26.1 Å². The molecule has 0 radical (unpaired) electrons. The zero-order valence-electron chi connectivity index (χ0n) is 17.5. The van der Waals surface area contributed by atoms with Crippen molar-refractivity contribution in [3.8, 4) is 5.69 Å². The van der Waals surface area contributed by atoms with Gasteiger partial charge in [-0.2, -0.15) is 0 Å². The molecule has 1 aliphatic heterocycles. The maximum absolute atomic E-state index is 5.74. The number of aromatic nitrogens is 2. The number of nitrogens with zero attached hydrogens (tertiary/aromatic N) is 3. The Kier molecular flexibility index (Phi) is 5.41. The number of pyridine rings is 1. The molecule has 3 heterocycles. The fraction of sp³-hybridized carbons (Fsp3) is 0.333. The number of benzene rings is 1. The van der Waals surface area contributed by atoms with Crippen LogP contribution in [0.4, 0.5) is 0 Å². The summed E-state index contributed by atoms with van der Waals surface area (Å²) in [6, 6.07) is 17.1. The summed E-state index contributed by atoms with van der Waals surface area (Å²) < 4.78 is 2.37. The number of thiocarbonyl (C=S) groups is 1. The third kappa shape index (κ3) is 3.44. The maximum Gasteiger partial charge on any atom is 0.170 e. The molecule has 2 atom stereocenters. The number of para-hydroxylation sites is 1. The van der Waals surface area contributed by atoms with Gasteiger partial charge in [0.15, 0.2) is 5.11 Å². The molecule has 1 aromatic carbocycles. The second-order valence-electron chi connectivity index (χ2n) is 7.77. The molecular formula is C24H28N4S. The summed E-state index contributed by atoms with van der Waals surface area (Å²) in [5, 5.41) is 4.36. The van der Waals surface area contributed by atoms with Gasteiger partial charge in [-0.1, -0.05) is 31.2 Å². The molecule has 29 heavy (non-hydrogen) atoms. The standard InChI is InChI=1S/C24H28N4S/c1-5-14-27-23(22(26-24(27)29)20-11-8-9-13-25-20)19-15-17(3)28(18(19)4)21-12-7-6-10-16(21)2/h6-13,15,22-23H,5,14H2,1-4H3,(H,26,29)/t22-,23-/m0/s1. The SMILES string of the molecule is CCCN1C(=S)N[C@@H](c2ccccn2)[C@@H]1c1cc(C)n(-c2ccccc2C)c1C. The van der Waals surface area contributed by atoms with E-state index in [-0.39, 0.29) is 12.1 Å². The van der Waals surface area contributed by atoms with E-state index >= 15 is 0 Å². The van der Waals surface area contributed by atoms with Crippen molar-refractivity contribution >= 4 is 17.3 Å². The van der Waals surface area contributed by atoms with Crippen LogP contribution in [0.5, 0.6) is 0 Å². The molecule has 5 heteroatoms. The average Bonchev–Trinajstić information content (AvgIpc) is 3.19. The van der Waals surface area contributed by atoms with Crippen LogP contribution in [-0.2, 0) is 0 Å². The van der Waals surface area contributed by atoms with Crippen LogP contribution in [0.25, 0.3) is 5.69 Å². The van der Waals surface area contributed by atoms with Crippen molar-refractivity contribution in [1.29, 1.82) is 0 Å². The second-order valence-corrected chi connectivity index (χ2v) is 8.16. The Morgan fingerprint density at radius 3 is 2.52 bits per heavy atom. The highest BCUT2D eigenvalue weighted by atomic mass is 32.1. The fourth-order valence-corrected chi connectivity index (χ4v) is 4.83. The van der Waals surface area contributed by atoms with Gasteiger partial charge in [-0.3, -0.25) is 4.98 Å². The monoisotopic (exact) mass is 404 g/mol. The van der Waals surface area contributed by atoms with E-state index in [2.05, 4.69) is 83.9 Å². The van der Waals surface area contributed by atoms with E-state index in [1.807, 2.05) is 18.3 Å². The summed E-state index contributed by atoms with van der Waals surface area (Å²) in [6.45, 7) is 9.69. The summed E-state index contributed by atoms with van der Waals surface area (Å²) in [5.74, 6) is 0. The molecule has 4 rings (SSSR count). The van der Waals surface area contributed by atoms with Crippen LogP contribution in [0.15, 0.2) is 54.7 Å². The van der Waals surface area contributed by atoms with Crippen LogP contribution in [0, 0.1) is 20.8 Å². The Balaban J connectivity index is 1.85. The van der Waals surface area contributed by atoms with Crippen molar-refractivity contribution in [1.82, 2.24) is 19.8 Å². The Bertz CT molecular complexity index is 1020. The van der Waals surface area contributed by atoms with Crippen molar-refractivity contribution in [3.63, 3.8) is 0 Å². The second kappa shape index (κ2) is 7.99. The van der Waals surface area contributed by atoms with Gasteiger partial charge in [-0.15, -0.1) is 0 Å². The molecule has 0 amide bonds.